The molecule has 0 aromatic heterocycles. The molecule has 0 saturated heterocycles. The molecular weight excluding hydrogens is 180 g/mol. The van der Waals surface area contributed by atoms with Gasteiger partial charge in [-0.3, -0.25) is 4.72 Å². The summed E-state index contributed by atoms with van der Waals surface area (Å²) in [5, 5.41) is 0. The average Bonchev–Trinajstić information content (AvgIpc) is 2.06. The molecule has 12 heavy (non-hydrogen) atoms. The van der Waals surface area contributed by atoms with E-state index in [9.17, 15) is 8.42 Å². The molecule has 0 saturated carbocycles. The molecule has 5 nitrogen and oxygen atoms in total. The van der Waals surface area contributed by atoms with E-state index in [1.54, 1.807) is 30.3 Å². The zero-order valence-electron chi connectivity index (χ0n) is 6.10. The minimum atomic E-state index is -3.84. The average molecular weight is 188 g/mol. The molecule has 0 radical (unpaired) electrons. The van der Waals surface area contributed by atoms with Gasteiger partial charge in [-0.2, -0.15) is 18.6 Å². The van der Waals surface area contributed by atoms with Crippen LogP contribution in [0.1, 0.15) is 0 Å². The first kappa shape index (κ1) is 8.98. The van der Waals surface area contributed by atoms with E-state index in [0.717, 1.165) is 0 Å². The van der Waals surface area contributed by atoms with Gasteiger partial charge in [-0.1, -0.05) is 18.2 Å². The van der Waals surface area contributed by atoms with E-state index in [2.05, 4.69) is 14.9 Å². The maximum atomic E-state index is 10.7. The summed E-state index contributed by atoms with van der Waals surface area (Å²) in [6, 6.07) is 8.30. The Bertz CT molecular complexity index is 335. The van der Waals surface area contributed by atoms with Gasteiger partial charge in [0.15, 0.2) is 0 Å². The zero-order chi connectivity index (χ0) is 9.03. The van der Waals surface area contributed by atoms with Crippen LogP contribution >= 0.6 is 0 Å². The largest absolute Gasteiger partial charge is 0.375 e. The van der Waals surface area contributed by atoms with Crippen LogP contribution in [0, 0.1) is 0 Å². The first-order valence-electron chi connectivity index (χ1n) is 3.10. The van der Waals surface area contributed by atoms with Gasteiger partial charge in [-0.05, 0) is 12.1 Å². The summed E-state index contributed by atoms with van der Waals surface area (Å²) in [5.74, 6) is 4.50. The standard InChI is InChI=1S/C6H8N2O3S/c7-11-12(9,10)8-6-4-2-1-3-5-6/h1-5,8H,7H2. The van der Waals surface area contributed by atoms with Crippen molar-refractivity contribution in [3.05, 3.63) is 30.3 Å². The lowest BCUT2D eigenvalue weighted by Crippen LogP contribution is -2.19. The third-order valence-electron chi connectivity index (χ3n) is 1.14. The molecule has 1 aromatic rings. The summed E-state index contributed by atoms with van der Waals surface area (Å²) in [4.78, 5) is 0. The van der Waals surface area contributed by atoms with E-state index in [0.29, 0.717) is 5.69 Å². The van der Waals surface area contributed by atoms with Gasteiger partial charge < -0.3 is 0 Å². The van der Waals surface area contributed by atoms with Gasteiger partial charge in [-0.15, -0.1) is 0 Å². The fraction of sp³-hybridized carbons (Fsp3) is 0. The number of nitrogens with one attached hydrogen (secondary N) is 1. The van der Waals surface area contributed by atoms with Crippen LogP contribution in [0.5, 0.6) is 0 Å². The van der Waals surface area contributed by atoms with E-state index < -0.39 is 10.3 Å². The second-order valence-electron chi connectivity index (χ2n) is 2.02. The van der Waals surface area contributed by atoms with Gasteiger partial charge in [0, 0.05) is 0 Å². The Hall–Kier alpha value is -1.11. The van der Waals surface area contributed by atoms with E-state index in [4.69, 9.17) is 0 Å². The highest BCUT2D eigenvalue weighted by molar-refractivity contribution is 7.88. The van der Waals surface area contributed by atoms with Crippen molar-refractivity contribution in [2.45, 2.75) is 0 Å². The first-order chi connectivity index (χ1) is 5.64. The minimum absolute atomic E-state index is 0.406. The highest BCUT2D eigenvalue weighted by Crippen LogP contribution is 2.06. The molecule has 6 heteroatoms. The van der Waals surface area contributed by atoms with Crippen LogP contribution in [0.2, 0.25) is 0 Å². The molecule has 0 aliphatic heterocycles. The summed E-state index contributed by atoms with van der Waals surface area (Å²) in [7, 11) is -3.84. The topological polar surface area (TPSA) is 81.4 Å². The smallest absolute Gasteiger partial charge is 0.260 e. The molecule has 66 valence electrons. The molecule has 1 aromatic carbocycles. The number of hydrogen-bond donors (Lipinski definition) is 2. The van der Waals surface area contributed by atoms with E-state index in [1.165, 1.54) is 0 Å². The van der Waals surface area contributed by atoms with Crippen LogP contribution in [0.3, 0.4) is 0 Å². The van der Waals surface area contributed by atoms with Crippen LogP contribution in [-0.2, 0) is 14.6 Å². The SMILES string of the molecule is NOS(=O)(=O)Nc1ccccc1. The lowest BCUT2D eigenvalue weighted by atomic mass is 10.3. The maximum absolute atomic E-state index is 10.7. The predicted molar refractivity (Wildman–Crippen MR) is 44.3 cm³/mol. The summed E-state index contributed by atoms with van der Waals surface area (Å²) in [6.45, 7) is 0. The van der Waals surface area contributed by atoms with Gasteiger partial charge in [0.1, 0.15) is 0 Å². The molecule has 0 spiro atoms. The Balaban J connectivity index is 2.78. The summed E-state index contributed by atoms with van der Waals surface area (Å²) >= 11 is 0. The Labute approximate surface area is 70.4 Å². The zero-order valence-corrected chi connectivity index (χ0v) is 6.91. The van der Waals surface area contributed by atoms with Crippen molar-refractivity contribution < 1.29 is 12.7 Å². The summed E-state index contributed by atoms with van der Waals surface area (Å²) in [6.07, 6.45) is 0. The molecular formula is C6H8N2O3S. The van der Waals surface area contributed by atoms with Crippen molar-refractivity contribution >= 4 is 16.0 Å². The van der Waals surface area contributed by atoms with Gasteiger partial charge in [0.2, 0.25) is 0 Å². The summed E-state index contributed by atoms with van der Waals surface area (Å²) < 4.78 is 27.2. The normalized spacial score (nSPS) is 11.1. The third-order valence-corrected chi connectivity index (χ3v) is 1.88. The number of anilines is 1. The predicted octanol–water partition coefficient (Wildman–Crippen LogP) is 0.234. The Morgan fingerprint density at radius 3 is 2.33 bits per heavy atom. The van der Waals surface area contributed by atoms with E-state index >= 15 is 0 Å². The maximum Gasteiger partial charge on any atom is 0.375 e. The number of rotatable bonds is 3. The van der Waals surface area contributed by atoms with Crippen LogP contribution in [0.15, 0.2) is 30.3 Å². The molecule has 0 aliphatic rings. The minimum Gasteiger partial charge on any atom is -0.260 e. The van der Waals surface area contributed by atoms with Crippen LogP contribution in [0.4, 0.5) is 5.69 Å². The molecule has 0 heterocycles. The molecule has 0 bridgehead atoms. The molecule has 0 fully saturated rings. The molecule has 1 rings (SSSR count). The van der Waals surface area contributed by atoms with Crippen molar-refractivity contribution in [1.82, 2.24) is 0 Å². The lowest BCUT2D eigenvalue weighted by molar-refractivity contribution is 0.336. The van der Waals surface area contributed by atoms with Crippen LogP contribution < -0.4 is 10.6 Å². The molecule has 0 atom stereocenters. The van der Waals surface area contributed by atoms with Crippen LogP contribution in [0.25, 0.3) is 0 Å². The first-order valence-corrected chi connectivity index (χ1v) is 4.51. The lowest BCUT2D eigenvalue weighted by Gasteiger charge is -2.02. The second-order valence-corrected chi connectivity index (χ2v) is 3.32. The molecule has 0 unspecified atom stereocenters. The van der Waals surface area contributed by atoms with Gasteiger partial charge in [0.25, 0.3) is 0 Å². The number of nitrogens with two attached hydrogens (primary N) is 1. The van der Waals surface area contributed by atoms with E-state index in [-0.39, 0.29) is 0 Å². The third kappa shape index (κ3) is 2.50. The van der Waals surface area contributed by atoms with E-state index in [1.807, 2.05) is 0 Å². The fourth-order valence-electron chi connectivity index (χ4n) is 0.675. The Morgan fingerprint density at radius 2 is 1.83 bits per heavy atom. The van der Waals surface area contributed by atoms with Crippen LogP contribution in [-0.4, -0.2) is 8.42 Å². The monoisotopic (exact) mass is 188 g/mol. The number of benzene rings is 1. The van der Waals surface area contributed by atoms with Gasteiger partial charge in [0.05, 0.1) is 5.69 Å². The van der Waals surface area contributed by atoms with Crippen molar-refractivity contribution in [1.29, 1.82) is 0 Å². The van der Waals surface area contributed by atoms with Gasteiger partial charge in [-0.25, -0.2) is 0 Å². The second kappa shape index (κ2) is 3.53. The van der Waals surface area contributed by atoms with Crippen molar-refractivity contribution in [3.8, 4) is 0 Å². The Kier molecular flexibility index (Phi) is 2.64. The molecule has 3 N–H and O–H groups in total. The van der Waals surface area contributed by atoms with Crippen molar-refractivity contribution in [2.75, 3.05) is 4.72 Å². The number of hydrogen-bond acceptors (Lipinski definition) is 4. The number of para-hydroxylation sites is 1. The highest BCUT2D eigenvalue weighted by atomic mass is 32.2. The molecule has 0 aliphatic carbocycles. The summed E-state index contributed by atoms with van der Waals surface area (Å²) in [5.41, 5.74) is 0.406. The fourth-order valence-corrected chi connectivity index (χ4v) is 1.15. The van der Waals surface area contributed by atoms with Gasteiger partial charge >= 0.3 is 10.3 Å². The molecule has 0 amide bonds. The Morgan fingerprint density at radius 1 is 1.25 bits per heavy atom. The highest BCUT2D eigenvalue weighted by Gasteiger charge is 2.06. The van der Waals surface area contributed by atoms with Crippen molar-refractivity contribution in [3.63, 3.8) is 0 Å². The quantitative estimate of drug-likeness (QED) is 0.665. The van der Waals surface area contributed by atoms with Crippen molar-refractivity contribution in [2.24, 2.45) is 5.90 Å².